The summed E-state index contributed by atoms with van der Waals surface area (Å²) in [5.74, 6) is -2.40. The average Bonchev–Trinajstić information content (AvgIpc) is 2.43. The lowest BCUT2D eigenvalue weighted by Crippen LogP contribution is -2.19. The fraction of sp³-hybridized carbons (Fsp3) is 0.143. The van der Waals surface area contributed by atoms with E-state index in [4.69, 9.17) is 11.6 Å². The van der Waals surface area contributed by atoms with Crippen LogP contribution in [0.4, 0.5) is 13.2 Å². The molecule has 0 aromatic heterocycles. The van der Waals surface area contributed by atoms with Crippen LogP contribution in [0.1, 0.15) is 17.2 Å². The van der Waals surface area contributed by atoms with Crippen molar-refractivity contribution in [3.63, 3.8) is 0 Å². The van der Waals surface area contributed by atoms with E-state index in [-0.39, 0.29) is 4.47 Å². The first kappa shape index (κ1) is 15.4. The van der Waals surface area contributed by atoms with E-state index in [1.807, 2.05) is 0 Å². The third-order valence-electron chi connectivity index (χ3n) is 2.93. The number of rotatable bonds is 3. The van der Waals surface area contributed by atoms with Gasteiger partial charge in [-0.1, -0.05) is 17.7 Å². The van der Waals surface area contributed by atoms with Crippen LogP contribution in [-0.2, 0) is 0 Å². The van der Waals surface area contributed by atoms with Crippen molar-refractivity contribution in [3.8, 4) is 0 Å². The molecule has 0 aliphatic carbocycles. The molecule has 0 amide bonds. The Labute approximate surface area is 127 Å². The Hall–Kier alpha value is -1.04. The molecule has 1 nitrogen and oxygen atoms in total. The second-order valence-corrected chi connectivity index (χ2v) is 5.35. The zero-order chi connectivity index (χ0) is 14.9. The summed E-state index contributed by atoms with van der Waals surface area (Å²) in [6.07, 6.45) is 0. The molecule has 2 aromatic carbocycles. The molecule has 2 rings (SSSR count). The van der Waals surface area contributed by atoms with Crippen LogP contribution in [0.25, 0.3) is 0 Å². The topological polar surface area (TPSA) is 12.0 Å². The van der Waals surface area contributed by atoms with Gasteiger partial charge in [0.05, 0.1) is 10.5 Å². The number of nitrogens with one attached hydrogen (secondary N) is 1. The third-order valence-corrected chi connectivity index (χ3v) is 4.08. The molecule has 0 radical (unpaired) electrons. The first-order chi connectivity index (χ1) is 9.45. The SMILES string of the molecule is CNC(c1cc(F)ccc1Cl)c1ccc(F)c(F)c1Br. The molecular weight excluding hydrogens is 355 g/mol. The second kappa shape index (κ2) is 6.16. The lowest BCUT2D eigenvalue weighted by atomic mass is 9.98. The van der Waals surface area contributed by atoms with Gasteiger partial charge in [0, 0.05) is 5.02 Å². The lowest BCUT2D eigenvalue weighted by Gasteiger charge is -2.20. The molecule has 0 fully saturated rings. The van der Waals surface area contributed by atoms with Crippen molar-refractivity contribution in [1.82, 2.24) is 5.32 Å². The van der Waals surface area contributed by atoms with Crippen molar-refractivity contribution in [2.75, 3.05) is 7.05 Å². The molecule has 6 heteroatoms. The quantitative estimate of drug-likeness (QED) is 0.769. The Morgan fingerprint density at radius 1 is 1.10 bits per heavy atom. The van der Waals surface area contributed by atoms with Crippen molar-refractivity contribution < 1.29 is 13.2 Å². The Morgan fingerprint density at radius 3 is 2.45 bits per heavy atom. The number of benzene rings is 2. The lowest BCUT2D eigenvalue weighted by molar-refractivity contribution is 0.499. The van der Waals surface area contributed by atoms with E-state index in [2.05, 4.69) is 21.2 Å². The summed E-state index contributed by atoms with van der Waals surface area (Å²) < 4.78 is 40.1. The van der Waals surface area contributed by atoms with Crippen LogP contribution < -0.4 is 5.32 Å². The molecule has 20 heavy (non-hydrogen) atoms. The van der Waals surface area contributed by atoms with Crippen LogP contribution in [0.2, 0.25) is 5.02 Å². The van der Waals surface area contributed by atoms with Crippen molar-refractivity contribution >= 4 is 27.5 Å². The normalized spacial score (nSPS) is 12.5. The molecule has 2 aromatic rings. The zero-order valence-electron chi connectivity index (χ0n) is 10.4. The third kappa shape index (κ3) is 2.85. The summed E-state index contributed by atoms with van der Waals surface area (Å²) >= 11 is 9.07. The molecule has 0 saturated heterocycles. The zero-order valence-corrected chi connectivity index (χ0v) is 12.7. The van der Waals surface area contributed by atoms with E-state index in [1.54, 1.807) is 7.05 Å². The van der Waals surface area contributed by atoms with Gasteiger partial charge in [-0.3, -0.25) is 0 Å². The fourth-order valence-electron chi connectivity index (χ4n) is 1.98. The van der Waals surface area contributed by atoms with Gasteiger partial charge in [-0.15, -0.1) is 0 Å². The van der Waals surface area contributed by atoms with Gasteiger partial charge in [0.15, 0.2) is 11.6 Å². The molecule has 0 saturated carbocycles. The van der Waals surface area contributed by atoms with Crippen LogP contribution in [0.3, 0.4) is 0 Å². The van der Waals surface area contributed by atoms with Gasteiger partial charge in [-0.25, -0.2) is 13.2 Å². The standard InChI is InChI=1S/C14H10BrClF3N/c1-20-14(9-6-7(17)2-4-10(9)16)8-3-5-11(18)13(19)12(8)15/h2-6,14,20H,1H3. The van der Waals surface area contributed by atoms with Crippen molar-refractivity contribution in [1.29, 1.82) is 0 Å². The predicted octanol–water partition coefficient (Wildman–Crippen LogP) is 4.83. The minimum atomic E-state index is -0.990. The molecule has 1 N–H and O–H groups in total. The summed E-state index contributed by atoms with van der Waals surface area (Å²) in [6, 6.07) is 5.79. The molecular formula is C14H10BrClF3N. The average molecular weight is 365 g/mol. The highest BCUT2D eigenvalue weighted by Crippen LogP contribution is 2.34. The van der Waals surface area contributed by atoms with E-state index in [1.165, 1.54) is 24.3 Å². The monoisotopic (exact) mass is 363 g/mol. The van der Waals surface area contributed by atoms with E-state index in [0.717, 1.165) is 6.07 Å². The van der Waals surface area contributed by atoms with E-state index < -0.39 is 23.5 Å². The van der Waals surface area contributed by atoms with Gasteiger partial charge in [-0.2, -0.15) is 0 Å². The molecule has 106 valence electrons. The minimum absolute atomic E-state index is 0.0165. The fourth-order valence-corrected chi connectivity index (χ4v) is 2.76. The van der Waals surface area contributed by atoms with Crippen molar-refractivity contribution in [2.45, 2.75) is 6.04 Å². The number of halogens is 5. The second-order valence-electron chi connectivity index (χ2n) is 4.15. The van der Waals surface area contributed by atoms with E-state index in [9.17, 15) is 13.2 Å². The highest BCUT2D eigenvalue weighted by atomic mass is 79.9. The highest BCUT2D eigenvalue weighted by Gasteiger charge is 2.21. The van der Waals surface area contributed by atoms with Gasteiger partial charge in [-0.05, 0) is 58.4 Å². The Kier molecular flexibility index (Phi) is 4.73. The molecule has 1 unspecified atom stereocenters. The van der Waals surface area contributed by atoms with Gasteiger partial charge in [0.25, 0.3) is 0 Å². The summed E-state index contributed by atoms with van der Waals surface area (Å²) in [5.41, 5.74) is 0.875. The maximum atomic E-state index is 13.6. The maximum absolute atomic E-state index is 13.6. The number of hydrogen-bond donors (Lipinski definition) is 1. The summed E-state index contributed by atoms with van der Waals surface area (Å²) in [4.78, 5) is 0. The van der Waals surface area contributed by atoms with Crippen LogP contribution in [0.15, 0.2) is 34.8 Å². The molecule has 0 spiro atoms. The van der Waals surface area contributed by atoms with Gasteiger partial charge in [0.2, 0.25) is 0 Å². The van der Waals surface area contributed by atoms with Crippen LogP contribution >= 0.6 is 27.5 Å². The van der Waals surface area contributed by atoms with Gasteiger partial charge >= 0.3 is 0 Å². The van der Waals surface area contributed by atoms with E-state index in [0.29, 0.717) is 16.1 Å². The predicted molar refractivity (Wildman–Crippen MR) is 76.4 cm³/mol. The van der Waals surface area contributed by atoms with Crippen LogP contribution in [0, 0.1) is 17.5 Å². The van der Waals surface area contributed by atoms with Crippen LogP contribution in [0.5, 0.6) is 0 Å². The minimum Gasteiger partial charge on any atom is -0.309 e. The summed E-state index contributed by atoms with van der Waals surface area (Å²) in [6.45, 7) is 0. The number of hydrogen-bond acceptors (Lipinski definition) is 1. The molecule has 0 bridgehead atoms. The Balaban J connectivity index is 2.58. The molecule has 0 aliphatic rings. The van der Waals surface area contributed by atoms with Crippen molar-refractivity contribution in [2.24, 2.45) is 0 Å². The highest BCUT2D eigenvalue weighted by molar-refractivity contribution is 9.10. The first-order valence-corrected chi connectivity index (χ1v) is 6.88. The van der Waals surface area contributed by atoms with Gasteiger partial charge < -0.3 is 5.32 Å². The molecule has 1 atom stereocenters. The maximum Gasteiger partial charge on any atom is 0.173 e. The van der Waals surface area contributed by atoms with Gasteiger partial charge in [0.1, 0.15) is 5.82 Å². The first-order valence-electron chi connectivity index (χ1n) is 5.71. The smallest absolute Gasteiger partial charge is 0.173 e. The largest absolute Gasteiger partial charge is 0.309 e. The molecule has 0 heterocycles. The summed E-state index contributed by atoms with van der Waals surface area (Å²) in [5, 5.41) is 3.26. The Bertz CT molecular complexity index is 649. The van der Waals surface area contributed by atoms with Crippen molar-refractivity contribution in [3.05, 3.63) is 68.4 Å². The Morgan fingerprint density at radius 2 is 1.80 bits per heavy atom. The van der Waals surface area contributed by atoms with Crippen LogP contribution in [-0.4, -0.2) is 7.05 Å². The summed E-state index contributed by atoms with van der Waals surface area (Å²) in [7, 11) is 1.62. The molecule has 0 aliphatic heterocycles. The van der Waals surface area contributed by atoms with E-state index >= 15 is 0 Å².